The van der Waals surface area contributed by atoms with Crippen LogP contribution in [0.5, 0.6) is 0 Å². The zero-order valence-corrected chi connectivity index (χ0v) is 13.7. The van der Waals surface area contributed by atoms with E-state index in [4.69, 9.17) is 9.40 Å². The van der Waals surface area contributed by atoms with Gasteiger partial charge in [0.25, 0.3) is 0 Å². The number of fused-ring (bicyclic) bond motifs is 2. The molecule has 0 aliphatic carbocycles. The first kappa shape index (κ1) is 14.0. The van der Waals surface area contributed by atoms with Gasteiger partial charge in [-0.3, -0.25) is 0 Å². The van der Waals surface area contributed by atoms with Crippen molar-refractivity contribution in [3.8, 4) is 22.6 Å². The number of hydrogen-bond donors (Lipinski definition) is 0. The van der Waals surface area contributed by atoms with E-state index in [2.05, 4.69) is 23.3 Å². The molecule has 0 saturated carbocycles. The number of aromatic nitrogens is 3. The monoisotopic (exact) mass is 325 g/mol. The number of furan rings is 1. The average Bonchev–Trinajstić information content (AvgIpc) is 3.22. The number of rotatable bonds is 2. The third-order valence-corrected chi connectivity index (χ3v) is 4.46. The highest BCUT2D eigenvalue weighted by Crippen LogP contribution is 2.32. The maximum absolute atomic E-state index is 5.81. The van der Waals surface area contributed by atoms with Crippen molar-refractivity contribution in [2.75, 3.05) is 0 Å². The van der Waals surface area contributed by atoms with E-state index in [9.17, 15) is 0 Å². The fourth-order valence-corrected chi connectivity index (χ4v) is 3.30. The second kappa shape index (κ2) is 5.31. The van der Waals surface area contributed by atoms with E-state index in [0.29, 0.717) is 0 Å². The Labute approximate surface area is 144 Å². The summed E-state index contributed by atoms with van der Waals surface area (Å²) in [7, 11) is 0. The Bertz CT molecular complexity index is 1200. The highest BCUT2D eigenvalue weighted by atomic mass is 16.3. The predicted octanol–water partition coefficient (Wildman–Crippen LogP) is 5.12. The van der Waals surface area contributed by atoms with Gasteiger partial charge in [0.1, 0.15) is 5.69 Å². The Morgan fingerprint density at radius 2 is 1.72 bits per heavy atom. The van der Waals surface area contributed by atoms with E-state index < -0.39 is 0 Å². The molecule has 0 aliphatic heterocycles. The number of aryl methyl sites for hydroxylation is 1. The van der Waals surface area contributed by atoms with Gasteiger partial charge in [-0.05, 0) is 18.6 Å². The molecule has 0 N–H and O–H groups in total. The normalized spacial score (nSPS) is 11.4. The van der Waals surface area contributed by atoms with Gasteiger partial charge in [-0.2, -0.15) is 5.10 Å². The van der Waals surface area contributed by atoms with Crippen LogP contribution in [0, 0.1) is 6.92 Å². The fraction of sp³-hybridized carbons (Fsp3) is 0.0476. The van der Waals surface area contributed by atoms with Crippen molar-refractivity contribution in [1.82, 2.24) is 14.6 Å². The van der Waals surface area contributed by atoms with Gasteiger partial charge in [-0.15, -0.1) is 0 Å². The van der Waals surface area contributed by atoms with Crippen LogP contribution in [-0.2, 0) is 0 Å². The summed E-state index contributed by atoms with van der Waals surface area (Å²) in [6.07, 6.45) is 3.71. The SMILES string of the molecule is Cc1nn2ccc(-c3occ4ccccc34)nc2c1-c1ccccc1. The molecule has 0 amide bonds. The molecule has 5 aromatic rings. The van der Waals surface area contributed by atoms with Crippen LogP contribution >= 0.6 is 0 Å². The molecule has 120 valence electrons. The largest absolute Gasteiger partial charge is 0.461 e. The van der Waals surface area contributed by atoms with Crippen molar-refractivity contribution in [2.45, 2.75) is 6.92 Å². The van der Waals surface area contributed by atoms with Crippen LogP contribution in [0.15, 0.2) is 77.5 Å². The molecule has 0 fully saturated rings. The van der Waals surface area contributed by atoms with E-state index in [1.54, 1.807) is 6.26 Å². The van der Waals surface area contributed by atoms with Crippen LogP contribution in [-0.4, -0.2) is 14.6 Å². The molecular weight excluding hydrogens is 310 g/mol. The lowest BCUT2D eigenvalue weighted by Crippen LogP contribution is -1.92. The summed E-state index contributed by atoms with van der Waals surface area (Å²) in [4.78, 5) is 4.87. The quantitative estimate of drug-likeness (QED) is 0.452. The smallest absolute Gasteiger partial charge is 0.163 e. The first-order chi connectivity index (χ1) is 12.3. The summed E-state index contributed by atoms with van der Waals surface area (Å²) < 4.78 is 7.64. The summed E-state index contributed by atoms with van der Waals surface area (Å²) in [5, 5.41) is 6.74. The lowest BCUT2D eigenvalue weighted by atomic mass is 10.1. The minimum absolute atomic E-state index is 0.788. The van der Waals surface area contributed by atoms with E-state index in [1.807, 2.05) is 60.1 Å². The van der Waals surface area contributed by atoms with Gasteiger partial charge in [-0.25, -0.2) is 9.50 Å². The van der Waals surface area contributed by atoms with E-state index in [1.165, 1.54) is 0 Å². The van der Waals surface area contributed by atoms with Crippen LogP contribution in [0.2, 0.25) is 0 Å². The zero-order valence-electron chi connectivity index (χ0n) is 13.7. The topological polar surface area (TPSA) is 43.3 Å². The second-order valence-electron chi connectivity index (χ2n) is 6.06. The molecular formula is C21H15N3O. The molecule has 0 spiro atoms. The molecule has 4 nitrogen and oxygen atoms in total. The van der Waals surface area contributed by atoms with Crippen molar-refractivity contribution in [3.05, 3.63) is 78.8 Å². The molecule has 0 aliphatic rings. The Kier molecular flexibility index (Phi) is 2.97. The van der Waals surface area contributed by atoms with Crippen LogP contribution in [0.25, 0.3) is 39.0 Å². The number of nitrogens with zero attached hydrogens (tertiary/aromatic N) is 3. The molecule has 2 aromatic carbocycles. The van der Waals surface area contributed by atoms with Crippen molar-refractivity contribution in [1.29, 1.82) is 0 Å². The molecule has 0 unspecified atom stereocenters. The first-order valence-corrected chi connectivity index (χ1v) is 8.19. The van der Waals surface area contributed by atoms with E-state index in [-0.39, 0.29) is 0 Å². The van der Waals surface area contributed by atoms with Crippen molar-refractivity contribution < 1.29 is 4.42 Å². The highest BCUT2D eigenvalue weighted by molar-refractivity contribution is 5.93. The molecule has 3 heterocycles. The van der Waals surface area contributed by atoms with Gasteiger partial charge in [0, 0.05) is 22.5 Å². The molecule has 0 saturated heterocycles. The van der Waals surface area contributed by atoms with Crippen LogP contribution in [0.4, 0.5) is 0 Å². The lowest BCUT2D eigenvalue weighted by molar-refractivity contribution is 0.585. The minimum Gasteiger partial charge on any atom is -0.461 e. The van der Waals surface area contributed by atoms with Crippen LogP contribution < -0.4 is 0 Å². The van der Waals surface area contributed by atoms with Gasteiger partial charge in [-0.1, -0.05) is 54.6 Å². The maximum Gasteiger partial charge on any atom is 0.163 e. The standard InChI is InChI=1S/C21H15N3O/c1-14-19(15-7-3-2-4-8-15)21-22-18(11-12-24(21)23-14)20-17-10-6-5-9-16(17)13-25-20/h2-13H,1H3. The Morgan fingerprint density at radius 3 is 2.60 bits per heavy atom. The summed E-state index contributed by atoms with van der Waals surface area (Å²) >= 11 is 0. The van der Waals surface area contributed by atoms with Crippen molar-refractivity contribution >= 4 is 16.4 Å². The van der Waals surface area contributed by atoms with Crippen molar-refractivity contribution in [2.24, 2.45) is 0 Å². The van der Waals surface area contributed by atoms with Gasteiger partial charge in [0.2, 0.25) is 0 Å². The number of benzene rings is 2. The van der Waals surface area contributed by atoms with Crippen LogP contribution in [0.3, 0.4) is 0 Å². The lowest BCUT2D eigenvalue weighted by Gasteiger charge is -2.02. The summed E-state index contributed by atoms with van der Waals surface area (Å²) in [6, 6.07) is 20.3. The second-order valence-corrected chi connectivity index (χ2v) is 6.06. The van der Waals surface area contributed by atoms with E-state index in [0.717, 1.165) is 44.7 Å². The van der Waals surface area contributed by atoms with Crippen molar-refractivity contribution in [3.63, 3.8) is 0 Å². The molecule has 0 radical (unpaired) electrons. The predicted molar refractivity (Wildman–Crippen MR) is 98.4 cm³/mol. The fourth-order valence-electron chi connectivity index (χ4n) is 3.30. The minimum atomic E-state index is 0.788. The Balaban J connectivity index is 1.77. The average molecular weight is 325 g/mol. The zero-order chi connectivity index (χ0) is 16.8. The van der Waals surface area contributed by atoms with Crippen LogP contribution in [0.1, 0.15) is 5.69 Å². The molecule has 3 aromatic heterocycles. The number of hydrogen-bond acceptors (Lipinski definition) is 3. The maximum atomic E-state index is 5.81. The van der Waals surface area contributed by atoms with Gasteiger partial charge in [0.05, 0.1) is 12.0 Å². The summed E-state index contributed by atoms with van der Waals surface area (Å²) in [5.74, 6) is 0.788. The third kappa shape index (κ3) is 2.15. The Hall–Kier alpha value is -3.40. The summed E-state index contributed by atoms with van der Waals surface area (Å²) in [5.41, 5.74) is 4.77. The molecule has 4 heteroatoms. The molecule has 5 rings (SSSR count). The molecule has 0 atom stereocenters. The molecule has 0 bridgehead atoms. The Morgan fingerprint density at radius 1 is 0.920 bits per heavy atom. The van der Waals surface area contributed by atoms with E-state index >= 15 is 0 Å². The third-order valence-electron chi connectivity index (χ3n) is 4.46. The van der Waals surface area contributed by atoms with Gasteiger partial charge >= 0.3 is 0 Å². The highest BCUT2D eigenvalue weighted by Gasteiger charge is 2.16. The molecule has 25 heavy (non-hydrogen) atoms. The van der Waals surface area contributed by atoms with Gasteiger partial charge in [0.15, 0.2) is 11.4 Å². The summed E-state index contributed by atoms with van der Waals surface area (Å²) in [6.45, 7) is 2.01. The first-order valence-electron chi connectivity index (χ1n) is 8.19. The van der Waals surface area contributed by atoms with Gasteiger partial charge < -0.3 is 4.42 Å².